The molecule has 1 fully saturated rings. The summed E-state index contributed by atoms with van der Waals surface area (Å²) in [4.78, 5) is 28.7. The molecule has 1 saturated carbocycles. The molecule has 0 unspecified atom stereocenters. The Bertz CT molecular complexity index is 1370. The summed E-state index contributed by atoms with van der Waals surface area (Å²) in [6.07, 6.45) is 3.98. The van der Waals surface area contributed by atoms with E-state index in [-0.39, 0.29) is 17.5 Å². The summed E-state index contributed by atoms with van der Waals surface area (Å²) in [5, 5.41) is 17.2. The lowest BCUT2D eigenvalue weighted by Gasteiger charge is -2.16. The van der Waals surface area contributed by atoms with Gasteiger partial charge in [-0.05, 0) is 98.2 Å². The van der Waals surface area contributed by atoms with E-state index >= 15 is 0 Å². The predicted molar refractivity (Wildman–Crippen MR) is 142 cm³/mol. The Kier molecular flexibility index (Phi) is 7.53. The highest BCUT2D eigenvalue weighted by atomic mass is 19.1. The number of aryl methyl sites for hydroxylation is 1. The highest BCUT2D eigenvalue weighted by molar-refractivity contribution is 5.94. The Morgan fingerprint density at radius 1 is 1.08 bits per heavy atom. The molecule has 0 bridgehead atoms. The first-order valence-electron chi connectivity index (χ1n) is 12.3. The van der Waals surface area contributed by atoms with Gasteiger partial charge in [-0.1, -0.05) is 18.2 Å². The standard InChI is InChI=1S/C29H30FN5O2/c1-18-13-24(30)25(34-28(37)33-12-10-29(2,3)17-31)16-23(18)22-6-4-5-20(14-22)21-9-11-32-26(15-21)35-27(36)19-7-8-19/h4-6,9,11,13-16,19H,7-8,10,12H2,1-3H3,(H,32,35,36)(H2,33,34,37). The molecule has 37 heavy (non-hydrogen) atoms. The number of nitrogens with one attached hydrogen (secondary N) is 3. The number of benzene rings is 2. The Balaban J connectivity index is 1.52. The second-order valence-corrected chi connectivity index (χ2v) is 10.0. The third-order valence-electron chi connectivity index (χ3n) is 6.37. The van der Waals surface area contributed by atoms with E-state index in [0.29, 0.717) is 18.8 Å². The van der Waals surface area contributed by atoms with E-state index in [4.69, 9.17) is 5.26 Å². The van der Waals surface area contributed by atoms with Crippen molar-refractivity contribution in [3.05, 3.63) is 66.1 Å². The van der Waals surface area contributed by atoms with Gasteiger partial charge in [0.05, 0.1) is 17.2 Å². The van der Waals surface area contributed by atoms with E-state index in [1.165, 1.54) is 6.07 Å². The molecule has 7 nitrogen and oxygen atoms in total. The number of nitriles is 1. The maximum absolute atomic E-state index is 14.7. The summed E-state index contributed by atoms with van der Waals surface area (Å²) in [6, 6.07) is 16.2. The Labute approximate surface area is 216 Å². The van der Waals surface area contributed by atoms with Gasteiger partial charge >= 0.3 is 6.03 Å². The lowest BCUT2D eigenvalue weighted by atomic mass is 9.92. The first kappa shape index (κ1) is 25.8. The number of amides is 3. The summed E-state index contributed by atoms with van der Waals surface area (Å²) in [7, 11) is 0. The minimum absolute atomic E-state index is 0.00169. The molecule has 1 aliphatic carbocycles. The van der Waals surface area contributed by atoms with E-state index in [1.54, 1.807) is 26.1 Å². The van der Waals surface area contributed by atoms with Crippen molar-refractivity contribution in [1.29, 1.82) is 5.26 Å². The predicted octanol–water partition coefficient (Wildman–Crippen LogP) is 6.27. The van der Waals surface area contributed by atoms with Crippen LogP contribution in [-0.4, -0.2) is 23.5 Å². The average molecular weight is 500 g/mol. The van der Waals surface area contributed by atoms with E-state index < -0.39 is 17.3 Å². The highest BCUT2D eigenvalue weighted by Crippen LogP contribution is 2.33. The van der Waals surface area contributed by atoms with Crippen molar-refractivity contribution in [2.24, 2.45) is 11.3 Å². The minimum atomic E-state index is -0.557. The van der Waals surface area contributed by atoms with E-state index in [9.17, 15) is 14.0 Å². The van der Waals surface area contributed by atoms with Crippen molar-refractivity contribution in [2.45, 2.75) is 40.0 Å². The molecule has 8 heteroatoms. The number of aromatic nitrogens is 1. The number of carbonyl (C=O) groups is 2. The van der Waals surface area contributed by atoms with Gasteiger partial charge in [0.2, 0.25) is 5.91 Å². The molecule has 0 saturated heterocycles. The van der Waals surface area contributed by atoms with E-state index in [2.05, 4.69) is 27.0 Å². The van der Waals surface area contributed by atoms with Crippen LogP contribution in [0.2, 0.25) is 0 Å². The van der Waals surface area contributed by atoms with E-state index in [1.807, 2.05) is 43.3 Å². The maximum atomic E-state index is 14.7. The quantitative estimate of drug-likeness (QED) is 0.339. The van der Waals surface area contributed by atoms with E-state index in [0.717, 1.165) is 40.7 Å². The number of pyridine rings is 1. The number of hydrogen-bond donors (Lipinski definition) is 3. The summed E-state index contributed by atoms with van der Waals surface area (Å²) in [5.74, 6) is 0.0613. The Morgan fingerprint density at radius 3 is 2.54 bits per heavy atom. The van der Waals surface area contributed by atoms with Gasteiger partial charge in [-0.3, -0.25) is 4.79 Å². The zero-order chi connectivity index (χ0) is 26.6. The minimum Gasteiger partial charge on any atom is -0.338 e. The van der Waals surface area contributed by atoms with Crippen LogP contribution in [0.25, 0.3) is 22.3 Å². The molecule has 0 spiro atoms. The van der Waals surface area contributed by atoms with Crippen molar-refractivity contribution < 1.29 is 14.0 Å². The van der Waals surface area contributed by atoms with Gasteiger partial charge in [0.1, 0.15) is 11.6 Å². The third-order valence-corrected chi connectivity index (χ3v) is 6.37. The molecule has 190 valence electrons. The van der Waals surface area contributed by atoms with Crippen molar-refractivity contribution in [2.75, 3.05) is 17.2 Å². The summed E-state index contributed by atoms with van der Waals surface area (Å²) in [6.45, 7) is 5.70. The average Bonchev–Trinajstić information content (AvgIpc) is 3.72. The molecular weight excluding hydrogens is 469 g/mol. The number of carbonyl (C=O) groups excluding carboxylic acids is 2. The van der Waals surface area contributed by atoms with Crippen molar-refractivity contribution in [3.8, 4) is 28.3 Å². The number of halogens is 1. The fourth-order valence-corrected chi connectivity index (χ4v) is 3.91. The molecule has 3 aromatic rings. The molecule has 3 N–H and O–H groups in total. The number of hydrogen-bond acceptors (Lipinski definition) is 4. The first-order valence-corrected chi connectivity index (χ1v) is 12.3. The van der Waals surface area contributed by atoms with Gasteiger partial charge in [-0.15, -0.1) is 0 Å². The van der Waals surface area contributed by atoms with Gasteiger partial charge in [-0.2, -0.15) is 5.26 Å². The van der Waals surface area contributed by atoms with Crippen LogP contribution in [0.5, 0.6) is 0 Å². The fraction of sp³-hybridized carbons (Fsp3) is 0.310. The third kappa shape index (κ3) is 6.70. The summed E-state index contributed by atoms with van der Waals surface area (Å²) >= 11 is 0. The zero-order valence-electron chi connectivity index (χ0n) is 21.2. The van der Waals surface area contributed by atoms with Crippen LogP contribution < -0.4 is 16.0 Å². The van der Waals surface area contributed by atoms with Crippen LogP contribution in [0.15, 0.2) is 54.7 Å². The normalized spacial score (nSPS) is 12.9. The van der Waals surface area contributed by atoms with Crippen molar-refractivity contribution >= 4 is 23.4 Å². The molecule has 0 atom stereocenters. The van der Waals surface area contributed by atoms with Crippen LogP contribution in [-0.2, 0) is 4.79 Å². The fourth-order valence-electron chi connectivity index (χ4n) is 3.91. The Hall–Kier alpha value is -4.25. The number of anilines is 2. The summed E-state index contributed by atoms with van der Waals surface area (Å²) in [5.41, 5.74) is 3.67. The molecular formula is C29H30FN5O2. The molecule has 2 aromatic carbocycles. The lowest BCUT2D eigenvalue weighted by molar-refractivity contribution is -0.117. The molecule has 3 amide bonds. The number of nitrogens with zero attached hydrogens (tertiary/aromatic N) is 2. The molecule has 0 radical (unpaired) electrons. The molecule has 1 aliphatic rings. The van der Waals surface area contributed by atoms with Crippen LogP contribution in [0, 0.1) is 35.4 Å². The van der Waals surface area contributed by atoms with Crippen LogP contribution >= 0.6 is 0 Å². The largest absolute Gasteiger partial charge is 0.338 e. The van der Waals surface area contributed by atoms with Crippen molar-refractivity contribution in [1.82, 2.24) is 10.3 Å². The van der Waals surface area contributed by atoms with Gasteiger partial charge in [0, 0.05) is 18.7 Å². The van der Waals surface area contributed by atoms with Crippen LogP contribution in [0.4, 0.5) is 20.7 Å². The van der Waals surface area contributed by atoms with Gasteiger partial charge < -0.3 is 16.0 Å². The van der Waals surface area contributed by atoms with Crippen LogP contribution in [0.1, 0.15) is 38.7 Å². The number of urea groups is 1. The first-order chi connectivity index (χ1) is 17.6. The second kappa shape index (κ2) is 10.8. The lowest BCUT2D eigenvalue weighted by Crippen LogP contribution is -2.32. The smallest absolute Gasteiger partial charge is 0.319 e. The zero-order valence-corrected chi connectivity index (χ0v) is 21.2. The molecule has 1 aromatic heterocycles. The topological polar surface area (TPSA) is 107 Å². The van der Waals surface area contributed by atoms with Crippen molar-refractivity contribution in [3.63, 3.8) is 0 Å². The second-order valence-electron chi connectivity index (χ2n) is 10.0. The van der Waals surface area contributed by atoms with Gasteiger partial charge in [0.25, 0.3) is 0 Å². The van der Waals surface area contributed by atoms with Crippen LogP contribution in [0.3, 0.4) is 0 Å². The SMILES string of the molecule is Cc1cc(F)c(NC(=O)NCCC(C)(C)C#N)cc1-c1cccc(-c2ccnc(NC(=O)C3CC3)c2)c1. The van der Waals surface area contributed by atoms with Gasteiger partial charge in [0.15, 0.2) is 0 Å². The monoisotopic (exact) mass is 499 g/mol. The molecule has 4 rings (SSSR count). The number of rotatable bonds is 8. The summed E-state index contributed by atoms with van der Waals surface area (Å²) < 4.78 is 14.7. The maximum Gasteiger partial charge on any atom is 0.319 e. The Morgan fingerprint density at radius 2 is 1.81 bits per heavy atom. The molecule has 1 heterocycles. The molecule has 0 aliphatic heterocycles. The van der Waals surface area contributed by atoms with Gasteiger partial charge in [-0.25, -0.2) is 14.2 Å². The highest BCUT2D eigenvalue weighted by Gasteiger charge is 2.29.